The van der Waals surface area contributed by atoms with Gasteiger partial charge < -0.3 is 11.1 Å². The molecule has 1 aliphatic heterocycles. The van der Waals surface area contributed by atoms with Crippen LogP contribution in [0.25, 0.3) is 0 Å². The minimum atomic E-state index is -0.249. The van der Waals surface area contributed by atoms with E-state index < -0.39 is 0 Å². The number of anilines is 2. The van der Waals surface area contributed by atoms with Crippen LogP contribution in [0.2, 0.25) is 0 Å². The van der Waals surface area contributed by atoms with Gasteiger partial charge in [-0.1, -0.05) is 6.07 Å². The summed E-state index contributed by atoms with van der Waals surface area (Å²) < 4.78 is 0. The maximum absolute atomic E-state index is 11.1. The number of pyridine rings is 2. The van der Waals surface area contributed by atoms with Crippen LogP contribution in [0.1, 0.15) is 18.4 Å². The Bertz CT molecular complexity index is 676. The summed E-state index contributed by atoms with van der Waals surface area (Å²) in [5, 5.41) is 3.22. The third-order valence-electron chi connectivity index (χ3n) is 4.25. The number of likely N-dealkylation sites (tertiary alicyclic amines) is 1. The zero-order valence-electron chi connectivity index (χ0n) is 13.7. The highest BCUT2D eigenvalue weighted by molar-refractivity contribution is 5.75. The summed E-state index contributed by atoms with van der Waals surface area (Å²) in [5.74, 6) is 1.88. The standard InChI is InChI=1S/C18H23N5O/c19-16(24)13-23-9-3-4-15(12-23)10-14-6-8-21-18(11-14)22-17-5-1-2-7-20-17/h1-2,5-8,11,15H,3-4,9-10,12-13H2,(H2,19,24)(H,20,21,22)/t15-/m0/s1. The molecular formula is C18H23N5O. The van der Waals surface area contributed by atoms with E-state index in [1.165, 1.54) is 12.0 Å². The van der Waals surface area contributed by atoms with Crippen LogP contribution >= 0.6 is 0 Å². The Morgan fingerprint density at radius 3 is 2.92 bits per heavy atom. The first kappa shape index (κ1) is 16.4. The Morgan fingerprint density at radius 2 is 2.12 bits per heavy atom. The number of amides is 1. The Balaban J connectivity index is 1.61. The first-order chi connectivity index (χ1) is 11.7. The molecule has 2 aromatic heterocycles. The zero-order valence-corrected chi connectivity index (χ0v) is 13.7. The van der Waals surface area contributed by atoms with E-state index in [2.05, 4.69) is 32.3 Å². The lowest BCUT2D eigenvalue weighted by molar-refractivity contribution is -0.119. The Kier molecular flexibility index (Phi) is 5.38. The molecule has 1 aliphatic rings. The van der Waals surface area contributed by atoms with Gasteiger partial charge in [0.25, 0.3) is 0 Å². The predicted molar refractivity (Wildman–Crippen MR) is 93.8 cm³/mol. The third-order valence-corrected chi connectivity index (χ3v) is 4.25. The molecule has 3 heterocycles. The fraction of sp³-hybridized carbons (Fsp3) is 0.389. The number of piperidine rings is 1. The average molecular weight is 325 g/mol. The van der Waals surface area contributed by atoms with Gasteiger partial charge in [-0.2, -0.15) is 0 Å². The van der Waals surface area contributed by atoms with Gasteiger partial charge in [0.15, 0.2) is 0 Å². The van der Waals surface area contributed by atoms with E-state index in [4.69, 9.17) is 5.73 Å². The van der Waals surface area contributed by atoms with Crippen LogP contribution in [0, 0.1) is 5.92 Å². The van der Waals surface area contributed by atoms with E-state index in [9.17, 15) is 4.79 Å². The molecule has 1 amide bonds. The van der Waals surface area contributed by atoms with E-state index in [1.54, 1.807) is 6.20 Å². The van der Waals surface area contributed by atoms with Crippen molar-refractivity contribution in [3.8, 4) is 0 Å². The highest BCUT2D eigenvalue weighted by Gasteiger charge is 2.21. The molecule has 0 unspecified atom stereocenters. The number of carbonyl (C=O) groups is 1. The van der Waals surface area contributed by atoms with Crippen molar-refractivity contribution in [2.75, 3.05) is 25.0 Å². The van der Waals surface area contributed by atoms with Gasteiger partial charge >= 0.3 is 0 Å². The van der Waals surface area contributed by atoms with Gasteiger partial charge in [-0.25, -0.2) is 9.97 Å². The lowest BCUT2D eigenvalue weighted by Gasteiger charge is -2.31. The molecule has 0 aromatic carbocycles. The molecule has 6 heteroatoms. The lowest BCUT2D eigenvalue weighted by Crippen LogP contribution is -2.41. The normalized spacial score (nSPS) is 18.2. The number of nitrogens with two attached hydrogens (primary N) is 1. The molecule has 3 rings (SSSR count). The fourth-order valence-corrected chi connectivity index (χ4v) is 3.25. The molecule has 0 aliphatic carbocycles. The second-order valence-corrected chi connectivity index (χ2v) is 6.30. The van der Waals surface area contributed by atoms with Crippen LogP contribution in [-0.2, 0) is 11.2 Å². The molecule has 1 saturated heterocycles. The van der Waals surface area contributed by atoms with Crippen LogP contribution in [-0.4, -0.2) is 40.4 Å². The number of carbonyl (C=O) groups excluding carboxylic acids is 1. The van der Waals surface area contributed by atoms with Crippen molar-refractivity contribution in [1.82, 2.24) is 14.9 Å². The van der Waals surface area contributed by atoms with Crippen molar-refractivity contribution in [2.24, 2.45) is 11.7 Å². The smallest absolute Gasteiger partial charge is 0.231 e. The number of hydrogen-bond donors (Lipinski definition) is 2. The molecular weight excluding hydrogens is 302 g/mol. The summed E-state index contributed by atoms with van der Waals surface area (Å²) in [5.41, 5.74) is 6.56. The molecule has 0 bridgehead atoms. The van der Waals surface area contributed by atoms with E-state index in [1.807, 2.05) is 24.4 Å². The first-order valence-electron chi connectivity index (χ1n) is 8.32. The van der Waals surface area contributed by atoms with Gasteiger partial charge in [-0.05, 0) is 61.6 Å². The molecule has 6 nitrogen and oxygen atoms in total. The molecule has 0 spiro atoms. The van der Waals surface area contributed by atoms with Gasteiger partial charge in [0.2, 0.25) is 5.91 Å². The van der Waals surface area contributed by atoms with Crippen molar-refractivity contribution < 1.29 is 4.79 Å². The van der Waals surface area contributed by atoms with Crippen LogP contribution in [0.4, 0.5) is 11.6 Å². The maximum atomic E-state index is 11.1. The topological polar surface area (TPSA) is 84.1 Å². The number of nitrogens with one attached hydrogen (secondary N) is 1. The summed E-state index contributed by atoms with van der Waals surface area (Å²) >= 11 is 0. The van der Waals surface area contributed by atoms with Crippen molar-refractivity contribution in [3.05, 3.63) is 48.3 Å². The summed E-state index contributed by atoms with van der Waals surface area (Å²) in [6.45, 7) is 2.25. The Labute approximate surface area is 142 Å². The third kappa shape index (κ3) is 4.76. The van der Waals surface area contributed by atoms with E-state index in [0.717, 1.165) is 37.6 Å². The van der Waals surface area contributed by atoms with Gasteiger partial charge in [0.1, 0.15) is 11.6 Å². The van der Waals surface area contributed by atoms with Crippen LogP contribution in [0.3, 0.4) is 0 Å². The number of aromatic nitrogens is 2. The number of primary amides is 1. The lowest BCUT2D eigenvalue weighted by atomic mass is 9.91. The van der Waals surface area contributed by atoms with Gasteiger partial charge in [-0.3, -0.25) is 9.69 Å². The monoisotopic (exact) mass is 325 g/mol. The SMILES string of the molecule is NC(=O)CN1CCC[C@@H](Cc2ccnc(Nc3ccccn3)c2)C1. The van der Waals surface area contributed by atoms with Crippen LogP contribution in [0.5, 0.6) is 0 Å². The average Bonchev–Trinajstić information content (AvgIpc) is 2.56. The molecule has 0 saturated carbocycles. The van der Waals surface area contributed by atoms with Gasteiger partial charge in [-0.15, -0.1) is 0 Å². The quantitative estimate of drug-likeness (QED) is 0.848. The fourth-order valence-electron chi connectivity index (χ4n) is 3.25. The van der Waals surface area contributed by atoms with Crippen molar-refractivity contribution in [1.29, 1.82) is 0 Å². The number of nitrogens with zero attached hydrogens (tertiary/aromatic N) is 3. The Morgan fingerprint density at radius 1 is 1.25 bits per heavy atom. The van der Waals surface area contributed by atoms with E-state index in [-0.39, 0.29) is 5.91 Å². The second kappa shape index (κ2) is 7.88. The summed E-state index contributed by atoms with van der Waals surface area (Å²) in [4.78, 5) is 21.9. The Hall–Kier alpha value is -2.47. The van der Waals surface area contributed by atoms with Crippen molar-refractivity contribution >= 4 is 17.5 Å². The number of hydrogen-bond acceptors (Lipinski definition) is 5. The zero-order chi connectivity index (χ0) is 16.8. The minimum Gasteiger partial charge on any atom is -0.369 e. The van der Waals surface area contributed by atoms with Gasteiger partial charge in [0, 0.05) is 18.9 Å². The molecule has 1 atom stereocenters. The largest absolute Gasteiger partial charge is 0.369 e. The van der Waals surface area contributed by atoms with Gasteiger partial charge in [0.05, 0.1) is 6.54 Å². The predicted octanol–water partition coefficient (Wildman–Crippen LogP) is 1.96. The molecule has 2 aromatic rings. The first-order valence-corrected chi connectivity index (χ1v) is 8.32. The van der Waals surface area contributed by atoms with Crippen molar-refractivity contribution in [2.45, 2.75) is 19.3 Å². The summed E-state index contributed by atoms with van der Waals surface area (Å²) in [6.07, 6.45) is 6.85. The maximum Gasteiger partial charge on any atom is 0.231 e. The highest BCUT2D eigenvalue weighted by atomic mass is 16.1. The van der Waals surface area contributed by atoms with Crippen LogP contribution < -0.4 is 11.1 Å². The molecule has 126 valence electrons. The van der Waals surface area contributed by atoms with E-state index in [0.29, 0.717) is 12.5 Å². The van der Waals surface area contributed by atoms with E-state index >= 15 is 0 Å². The molecule has 24 heavy (non-hydrogen) atoms. The summed E-state index contributed by atoms with van der Waals surface area (Å²) in [7, 11) is 0. The molecule has 3 N–H and O–H groups in total. The highest BCUT2D eigenvalue weighted by Crippen LogP contribution is 2.22. The minimum absolute atomic E-state index is 0.249. The number of rotatable bonds is 6. The second-order valence-electron chi connectivity index (χ2n) is 6.30. The molecule has 0 radical (unpaired) electrons. The molecule has 1 fully saturated rings. The summed E-state index contributed by atoms with van der Waals surface area (Å²) in [6, 6.07) is 9.86. The van der Waals surface area contributed by atoms with Crippen molar-refractivity contribution in [3.63, 3.8) is 0 Å². The van der Waals surface area contributed by atoms with Crippen LogP contribution in [0.15, 0.2) is 42.7 Å².